The Balaban J connectivity index is 1.90. The number of aldehydes is 1. The molecule has 34 heavy (non-hydrogen) atoms. The third-order valence-electron chi connectivity index (χ3n) is 6.39. The lowest BCUT2D eigenvalue weighted by atomic mass is 9.97. The summed E-state index contributed by atoms with van der Waals surface area (Å²) in [5.41, 5.74) is 4.03. The van der Waals surface area contributed by atoms with Gasteiger partial charge >= 0.3 is 0 Å². The van der Waals surface area contributed by atoms with Crippen molar-refractivity contribution in [3.8, 4) is 16.9 Å². The van der Waals surface area contributed by atoms with Gasteiger partial charge in [-0.25, -0.2) is 4.39 Å². The highest BCUT2D eigenvalue weighted by atomic mass is 35.5. The average Bonchev–Trinajstić information content (AvgIpc) is 2.83. The van der Waals surface area contributed by atoms with Gasteiger partial charge in [0.15, 0.2) is 11.6 Å². The molecule has 2 aromatic carbocycles. The van der Waals surface area contributed by atoms with Crippen molar-refractivity contribution in [3.63, 3.8) is 0 Å². The van der Waals surface area contributed by atoms with E-state index in [-0.39, 0.29) is 11.4 Å². The number of aromatic hydroxyl groups is 1. The number of phenols is 1. The molecule has 0 amide bonds. The first-order valence-electron chi connectivity index (χ1n) is 11.5. The van der Waals surface area contributed by atoms with Gasteiger partial charge in [-0.3, -0.25) is 4.98 Å². The predicted octanol–water partition coefficient (Wildman–Crippen LogP) is 4.26. The van der Waals surface area contributed by atoms with Gasteiger partial charge in [0, 0.05) is 42.7 Å². The van der Waals surface area contributed by atoms with Crippen molar-refractivity contribution in [1.29, 1.82) is 0 Å². The van der Waals surface area contributed by atoms with Gasteiger partial charge in [-0.2, -0.15) is 0 Å². The maximum atomic E-state index is 14.2. The molecular formula is C26H30ClFN4O2. The molecule has 1 aliphatic heterocycles. The molecule has 3 aromatic rings. The predicted molar refractivity (Wildman–Crippen MR) is 135 cm³/mol. The van der Waals surface area contributed by atoms with Gasteiger partial charge in [-0.05, 0) is 75.4 Å². The van der Waals surface area contributed by atoms with E-state index >= 15 is 0 Å². The van der Waals surface area contributed by atoms with E-state index in [0.717, 1.165) is 73.0 Å². The first kappa shape index (κ1) is 24.4. The Bertz CT molecular complexity index is 1160. The molecule has 180 valence electrons. The van der Waals surface area contributed by atoms with Crippen LogP contribution in [-0.4, -0.2) is 67.6 Å². The van der Waals surface area contributed by atoms with Gasteiger partial charge in [-0.15, -0.1) is 0 Å². The number of carbonyl (C=O) groups is 1. The van der Waals surface area contributed by atoms with Crippen LogP contribution in [0.5, 0.6) is 5.75 Å². The molecule has 8 heteroatoms. The Morgan fingerprint density at radius 3 is 2.62 bits per heavy atom. The number of carbonyl (C=O) groups excluding carboxylic acids is 1. The van der Waals surface area contributed by atoms with Gasteiger partial charge < -0.3 is 25.0 Å². The van der Waals surface area contributed by atoms with E-state index in [4.69, 9.17) is 11.6 Å². The molecular weight excluding hydrogens is 455 g/mol. The molecule has 0 spiro atoms. The zero-order valence-corrected chi connectivity index (χ0v) is 20.3. The van der Waals surface area contributed by atoms with Crippen LogP contribution in [0.1, 0.15) is 18.4 Å². The zero-order chi connectivity index (χ0) is 24.2. The summed E-state index contributed by atoms with van der Waals surface area (Å²) in [6, 6.07) is 8.93. The second-order valence-corrected chi connectivity index (χ2v) is 9.41. The van der Waals surface area contributed by atoms with E-state index < -0.39 is 11.6 Å². The van der Waals surface area contributed by atoms with E-state index in [0.29, 0.717) is 11.6 Å². The number of benzene rings is 2. The van der Waals surface area contributed by atoms with Crippen LogP contribution in [0.4, 0.5) is 10.1 Å². The average molecular weight is 485 g/mol. The molecule has 1 fully saturated rings. The number of nitrogens with one attached hydrogen (secondary N) is 1. The van der Waals surface area contributed by atoms with Crippen LogP contribution in [0.3, 0.4) is 0 Å². The quantitative estimate of drug-likeness (QED) is 0.466. The van der Waals surface area contributed by atoms with Crippen molar-refractivity contribution >= 4 is 34.5 Å². The Morgan fingerprint density at radius 1 is 1.18 bits per heavy atom. The molecule has 0 atom stereocenters. The number of nitrogens with zero attached hydrogens (tertiary/aromatic N) is 3. The topological polar surface area (TPSA) is 68.7 Å². The van der Waals surface area contributed by atoms with Crippen LogP contribution < -0.4 is 10.2 Å². The van der Waals surface area contributed by atoms with Gasteiger partial charge in [0.2, 0.25) is 0 Å². The molecule has 0 bridgehead atoms. The fourth-order valence-electron chi connectivity index (χ4n) is 4.61. The summed E-state index contributed by atoms with van der Waals surface area (Å²) >= 11 is 6.05. The van der Waals surface area contributed by atoms with Gasteiger partial charge in [0.05, 0.1) is 16.2 Å². The highest BCUT2D eigenvalue weighted by Gasteiger charge is 2.25. The first-order valence-corrected chi connectivity index (χ1v) is 11.9. The largest absolute Gasteiger partial charge is 0.504 e. The lowest BCUT2D eigenvalue weighted by Gasteiger charge is -2.38. The van der Waals surface area contributed by atoms with Crippen LogP contribution in [0.25, 0.3) is 22.0 Å². The maximum absolute atomic E-state index is 14.2. The number of hydrogen-bond donors (Lipinski definition) is 2. The number of pyridine rings is 1. The molecule has 0 saturated carbocycles. The summed E-state index contributed by atoms with van der Waals surface area (Å²) in [5.74, 6) is -1.32. The highest BCUT2D eigenvalue weighted by molar-refractivity contribution is 6.32. The number of likely N-dealkylation sites (N-methyl/N-ethyl adjacent to an activating group) is 1. The van der Waals surface area contributed by atoms with E-state index in [1.54, 1.807) is 12.3 Å². The van der Waals surface area contributed by atoms with Crippen LogP contribution in [0.15, 0.2) is 36.5 Å². The Kier molecular flexibility index (Phi) is 7.66. The van der Waals surface area contributed by atoms with Crippen LogP contribution >= 0.6 is 11.6 Å². The molecule has 2 N–H and O–H groups in total. The number of phenolic OH excluding ortho intramolecular Hbond substituents is 1. The highest BCUT2D eigenvalue weighted by Crippen LogP contribution is 2.37. The summed E-state index contributed by atoms with van der Waals surface area (Å²) in [6.07, 6.45) is 5.00. The molecule has 6 nitrogen and oxygen atoms in total. The summed E-state index contributed by atoms with van der Waals surface area (Å²) < 4.78 is 14.2. The smallest absolute Gasteiger partial charge is 0.170 e. The number of halogens is 2. The van der Waals surface area contributed by atoms with E-state index in [1.807, 2.05) is 18.2 Å². The maximum Gasteiger partial charge on any atom is 0.170 e. The van der Waals surface area contributed by atoms with Crippen molar-refractivity contribution in [2.45, 2.75) is 25.3 Å². The molecule has 1 saturated heterocycles. The van der Waals surface area contributed by atoms with Gasteiger partial charge in [0.1, 0.15) is 6.29 Å². The fraction of sp³-hybridized carbons (Fsp3) is 0.385. The van der Waals surface area contributed by atoms with E-state index in [2.05, 4.69) is 34.2 Å². The van der Waals surface area contributed by atoms with E-state index in [1.165, 1.54) is 6.07 Å². The van der Waals surface area contributed by atoms with Crippen molar-refractivity contribution < 1.29 is 14.3 Å². The van der Waals surface area contributed by atoms with Crippen molar-refractivity contribution in [2.75, 3.05) is 45.2 Å². The van der Waals surface area contributed by atoms with Crippen LogP contribution in [0, 0.1) is 5.82 Å². The summed E-state index contributed by atoms with van der Waals surface area (Å²) in [7, 11) is 4.11. The third kappa shape index (κ3) is 5.17. The first-order chi connectivity index (χ1) is 16.4. The van der Waals surface area contributed by atoms with Crippen LogP contribution in [-0.2, 0) is 11.2 Å². The molecule has 0 unspecified atom stereocenters. The molecule has 0 aliphatic carbocycles. The number of hydrogen-bond acceptors (Lipinski definition) is 6. The lowest BCUT2D eigenvalue weighted by Crippen LogP contribution is -2.46. The minimum atomic E-state index is -0.766. The number of rotatable bonds is 8. The third-order valence-corrected chi connectivity index (χ3v) is 6.68. The van der Waals surface area contributed by atoms with Gasteiger partial charge in [-0.1, -0.05) is 17.7 Å². The molecule has 2 heterocycles. The molecule has 1 aromatic heterocycles. The second-order valence-electron chi connectivity index (χ2n) is 9.00. The molecule has 4 rings (SSSR count). The SMILES string of the molecule is CN(C)CCN(c1c(CC=O)cnc2ccc(-c3cc(F)c(O)c(Cl)c3)cc12)C1CCNCC1. The minimum Gasteiger partial charge on any atom is -0.504 e. The fourth-order valence-corrected chi connectivity index (χ4v) is 4.82. The molecule has 0 radical (unpaired) electrons. The monoisotopic (exact) mass is 484 g/mol. The zero-order valence-electron chi connectivity index (χ0n) is 19.5. The Morgan fingerprint density at radius 2 is 1.94 bits per heavy atom. The van der Waals surface area contributed by atoms with Crippen molar-refractivity contribution in [2.24, 2.45) is 0 Å². The van der Waals surface area contributed by atoms with Gasteiger partial charge in [0.25, 0.3) is 0 Å². The Labute approximate surface area is 204 Å². The Hall–Kier alpha value is -2.74. The number of aromatic nitrogens is 1. The summed E-state index contributed by atoms with van der Waals surface area (Å²) in [4.78, 5) is 20.8. The lowest BCUT2D eigenvalue weighted by molar-refractivity contribution is -0.107. The normalized spacial score (nSPS) is 14.6. The second kappa shape index (κ2) is 10.7. The standard InChI is InChI=1S/C26H30ClFN4O2/c1-31(2)10-11-32(20-5-8-29-9-6-20)25-18(7-12-33)16-30-24-4-3-17(13-21(24)25)19-14-22(27)26(34)23(28)15-19/h3-4,12-16,20,29,34H,5-11H2,1-2H3. The summed E-state index contributed by atoms with van der Waals surface area (Å²) in [5, 5.41) is 14.1. The van der Waals surface area contributed by atoms with E-state index in [9.17, 15) is 14.3 Å². The van der Waals surface area contributed by atoms with Crippen LogP contribution in [0.2, 0.25) is 5.02 Å². The van der Waals surface area contributed by atoms with Crippen molar-refractivity contribution in [3.05, 3.63) is 52.9 Å². The number of anilines is 1. The molecule has 1 aliphatic rings. The van der Waals surface area contributed by atoms with Crippen molar-refractivity contribution in [1.82, 2.24) is 15.2 Å². The number of fused-ring (bicyclic) bond motifs is 1. The minimum absolute atomic E-state index is 0.0366. The number of piperidine rings is 1. The summed E-state index contributed by atoms with van der Waals surface area (Å²) in [6.45, 7) is 3.58.